The summed E-state index contributed by atoms with van der Waals surface area (Å²) >= 11 is 0. The summed E-state index contributed by atoms with van der Waals surface area (Å²) in [5.74, 6) is -0.183. The summed E-state index contributed by atoms with van der Waals surface area (Å²) in [6.45, 7) is 8.35. The van der Waals surface area contributed by atoms with Gasteiger partial charge in [-0.15, -0.1) is 0 Å². The van der Waals surface area contributed by atoms with Crippen LogP contribution in [-0.2, 0) is 32.6 Å². The molecule has 2 aliphatic rings. The smallest absolute Gasteiger partial charge is 0.243 e. The van der Waals surface area contributed by atoms with Crippen molar-refractivity contribution in [3.8, 4) is 0 Å². The lowest BCUT2D eigenvalue weighted by Gasteiger charge is -2.34. The van der Waals surface area contributed by atoms with E-state index in [4.69, 9.17) is 0 Å². The van der Waals surface area contributed by atoms with Gasteiger partial charge < -0.3 is 16.0 Å². The van der Waals surface area contributed by atoms with Crippen LogP contribution in [0.4, 0.5) is 0 Å². The molecule has 2 atom stereocenters. The topological polar surface area (TPSA) is 108 Å². The third-order valence-electron chi connectivity index (χ3n) is 7.03. The molecular formula is C28H38N4O4S. The molecule has 0 bridgehead atoms. The second-order valence-electron chi connectivity index (χ2n) is 10.5. The third-order valence-corrected chi connectivity index (χ3v) is 8.95. The number of hydrogen-bond donors (Lipinski definition) is 3. The second-order valence-corrected chi connectivity index (χ2v) is 12.4. The van der Waals surface area contributed by atoms with Gasteiger partial charge in [-0.2, -0.15) is 4.31 Å². The lowest BCUT2D eigenvalue weighted by atomic mass is 9.86. The zero-order valence-electron chi connectivity index (χ0n) is 21.9. The number of carbonyl (C=O) groups excluding carboxylic acids is 2. The molecule has 3 N–H and O–H groups in total. The van der Waals surface area contributed by atoms with Crippen LogP contribution < -0.4 is 16.0 Å². The fourth-order valence-corrected chi connectivity index (χ4v) is 6.67. The Morgan fingerprint density at radius 1 is 1.16 bits per heavy atom. The van der Waals surface area contributed by atoms with Gasteiger partial charge in [0.1, 0.15) is 6.04 Å². The molecule has 200 valence electrons. The molecule has 1 aliphatic carbocycles. The number of rotatable bonds is 9. The summed E-state index contributed by atoms with van der Waals surface area (Å²) in [5, 5.41) is 9.27. The highest BCUT2D eigenvalue weighted by atomic mass is 32.2. The minimum atomic E-state index is -3.92. The van der Waals surface area contributed by atoms with Gasteiger partial charge in [-0.3, -0.25) is 9.59 Å². The Balaban J connectivity index is 1.45. The van der Waals surface area contributed by atoms with E-state index >= 15 is 0 Å². The predicted octanol–water partition coefficient (Wildman–Crippen LogP) is 2.81. The molecule has 0 radical (unpaired) electrons. The van der Waals surface area contributed by atoms with Crippen LogP contribution >= 0.6 is 0 Å². The van der Waals surface area contributed by atoms with Crippen LogP contribution in [0.15, 0.2) is 47.4 Å². The monoisotopic (exact) mass is 526 g/mol. The lowest BCUT2D eigenvalue weighted by Crippen LogP contribution is -2.58. The van der Waals surface area contributed by atoms with Crippen LogP contribution in [0.3, 0.4) is 0 Å². The summed E-state index contributed by atoms with van der Waals surface area (Å²) in [7, 11) is -3.92. The molecule has 37 heavy (non-hydrogen) atoms. The van der Waals surface area contributed by atoms with Gasteiger partial charge in [0.25, 0.3) is 0 Å². The van der Waals surface area contributed by atoms with Crippen LogP contribution in [0, 0.1) is 12.8 Å². The first kappa shape index (κ1) is 27.3. The van der Waals surface area contributed by atoms with Crippen molar-refractivity contribution in [2.45, 2.75) is 70.0 Å². The molecule has 0 saturated carbocycles. The van der Waals surface area contributed by atoms with Crippen molar-refractivity contribution in [1.29, 1.82) is 0 Å². The number of amides is 2. The Hall–Kier alpha value is -2.75. The van der Waals surface area contributed by atoms with Crippen LogP contribution in [-0.4, -0.2) is 50.2 Å². The van der Waals surface area contributed by atoms with E-state index in [-0.39, 0.29) is 36.4 Å². The third kappa shape index (κ3) is 6.58. The quantitative estimate of drug-likeness (QED) is 0.466. The zero-order chi connectivity index (χ0) is 26.6. The first-order valence-corrected chi connectivity index (χ1v) is 14.6. The maximum atomic E-state index is 13.3. The van der Waals surface area contributed by atoms with E-state index in [0.29, 0.717) is 5.92 Å². The number of sulfonamides is 1. The molecule has 8 nitrogen and oxygen atoms in total. The predicted molar refractivity (Wildman–Crippen MR) is 143 cm³/mol. The molecule has 2 amide bonds. The number of aryl methyl sites for hydroxylation is 2. The molecule has 0 aromatic heterocycles. The highest BCUT2D eigenvalue weighted by Crippen LogP contribution is 2.31. The fraction of sp³-hybridized carbons (Fsp3) is 0.500. The number of benzene rings is 2. The largest absolute Gasteiger partial charge is 0.353 e. The van der Waals surface area contributed by atoms with Gasteiger partial charge in [0, 0.05) is 19.6 Å². The van der Waals surface area contributed by atoms with E-state index in [0.717, 1.165) is 43.5 Å². The molecule has 1 heterocycles. The van der Waals surface area contributed by atoms with Crippen molar-refractivity contribution in [2.24, 2.45) is 5.92 Å². The number of hydrogen-bond acceptors (Lipinski definition) is 5. The second kappa shape index (κ2) is 11.8. The molecular weight excluding hydrogens is 488 g/mol. The molecule has 9 heteroatoms. The Labute approximate surface area is 220 Å². The SMILES string of the molecule is Cc1ccc(S(=O)(=O)N2CCNC(=O)[C@H]2CC(=O)N[C@@H]2CCCc3cc(CNCC(C)C)ccc32)cc1. The molecule has 1 saturated heterocycles. The van der Waals surface area contributed by atoms with Gasteiger partial charge in [-0.05, 0) is 67.5 Å². The first-order valence-electron chi connectivity index (χ1n) is 13.1. The summed E-state index contributed by atoms with van der Waals surface area (Å²) in [5.41, 5.74) is 4.50. The van der Waals surface area contributed by atoms with Gasteiger partial charge in [0.15, 0.2) is 0 Å². The average Bonchev–Trinajstić information content (AvgIpc) is 2.85. The fourth-order valence-electron chi connectivity index (χ4n) is 5.08. The van der Waals surface area contributed by atoms with Gasteiger partial charge in [0.05, 0.1) is 17.4 Å². The molecule has 1 aliphatic heterocycles. The highest BCUT2D eigenvalue weighted by molar-refractivity contribution is 7.89. The van der Waals surface area contributed by atoms with Crippen LogP contribution in [0.5, 0.6) is 0 Å². The van der Waals surface area contributed by atoms with Gasteiger partial charge in [0.2, 0.25) is 21.8 Å². The van der Waals surface area contributed by atoms with Crippen LogP contribution in [0.1, 0.15) is 61.4 Å². The number of nitrogens with zero attached hydrogens (tertiary/aromatic N) is 1. The minimum absolute atomic E-state index is 0.123. The summed E-state index contributed by atoms with van der Waals surface area (Å²) in [4.78, 5) is 26.0. The number of fused-ring (bicyclic) bond motifs is 1. The van der Waals surface area contributed by atoms with Crippen LogP contribution in [0.2, 0.25) is 0 Å². The van der Waals surface area contributed by atoms with E-state index in [1.807, 2.05) is 6.92 Å². The average molecular weight is 527 g/mol. The molecule has 4 rings (SSSR count). The number of nitrogens with one attached hydrogen (secondary N) is 3. The van der Waals surface area contributed by atoms with Gasteiger partial charge in [-0.1, -0.05) is 49.7 Å². The van der Waals surface area contributed by atoms with Crippen molar-refractivity contribution in [3.05, 3.63) is 64.7 Å². The van der Waals surface area contributed by atoms with E-state index in [9.17, 15) is 18.0 Å². The van der Waals surface area contributed by atoms with Gasteiger partial charge in [-0.25, -0.2) is 8.42 Å². The maximum absolute atomic E-state index is 13.3. The molecule has 1 fully saturated rings. The highest BCUT2D eigenvalue weighted by Gasteiger charge is 2.40. The standard InChI is InChI=1S/C28H38N4O4S/c1-19(2)17-29-18-21-9-12-24-22(15-21)5-4-6-25(24)31-27(33)16-26-28(34)30-13-14-32(26)37(35,36)23-10-7-20(3)8-11-23/h7-12,15,19,25-26,29H,4-6,13-14,16-18H2,1-3H3,(H,30,34)(H,31,33)/t25-,26-/m1/s1. The lowest BCUT2D eigenvalue weighted by molar-refractivity contribution is -0.132. The maximum Gasteiger partial charge on any atom is 0.243 e. The Morgan fingerprint density at radius 3 is 2.65 bits per heavy atom. The van der Waals surface area contributed by atoms with Gasteiger partial charge >= 0.3 is 0 Å². The van der Waals surface area contributed by atoms with Crippen molar-refractivity contribution in [2.75, 3.05) is 19.6 Å². The molecule has 0 unspecified atom stereocenters. The van der Waals surface area contributed by atoms with E-state index in [1.165, 1.54) is 15.4 Å². The molecule has 2 aromatic rings. The van der Waals surface area contributed by atoms with E-state index in [1.54, 1.807) is 24.3 Å². The molecule has 0 spiro atoms. The Kier molecular flexibility index (Phi) is 8.67. The van der Waals surface area contributed by atoms with Crippen molar-refractivity contribution in [1.82, 2.24) is 20.3 Å². The van der Waals surface area contributed by atoms with Crippen molar-refractivity contribution >= 4 is 21.8 Å². The zero-order valence-corrected chi connectivity index (χ0v) is 22.7. The Bertz CT molecular complexity index is 1230. The number of carbonyl (C=O) groups is 2. The van der Waals surface area contributed by atoms with Crippen LogP contribution in [0.25, 0.3) is 0 Å². The van der Waals surface area contributed by atoms with Crippen molar-refractivity contribution in [3.63, 3.8) is 0 Å². The number of piperazine rings is 1. The summed E-state index contributed by atoms with van der Waals surface area (Å²) < 4.78 is 27.9. The minimum Gasteiger partial charge on any atom is -0.353 e. The normalized spacial score (nSPS) is 20.4. The summed E-state index contributed by atoms with van der Waals surface area (Å²) in [6.07, 6.45) is 2.51. The first-order chi connectivity index (χ1) is 17.6. The summed E-state index contributed by atoms with van der Waals surface area (Å²) in [6, 6.07) is 11.7. The van der Waals surface area contributed by atoms with E-state index in [2.05, 4.69) is 48.0 Å². The van der Waals surface area contributed by atoms with E-state index < -0.39 is 22.0 Å². The van der Waals surface area contributed by atoms with Crippen molar-refractivity contribution < 1.29 is 18.0 Å². The Morgan fingerprint density at radius 2 is 1.92 bits per heavy atom. The molecule has 2 aromatic carbocycles.